The van der Waals surface area contributed by atoms with Crippen LogP contribution in [0.1, 0.15) is 6.92 Å². The summed E-state index contributed by atoms with van der Waals surface area (Å²) in [5.41, 5.74) is 4.51. The number of nitrogens with two attached hydrogens (primary N) is 1. The lowest BCUT2D eigenvalue weighted by atomic mass is 10.3. The molecule has 0 aromatic heterocycles. The first-order chi connectivity index (χ1) is 9.75. The summed E-state index contributed by atoms with van der Waals surface area (Å²) in [6.07, 6.45) is 0. The molecule has 1 heterocycles. The van der Waals surface area contributed by atoms with E-state index in [1.807, 2.05) is 0 Å². The lowest BCUT2D eigenvalue weighted by molar-refractivity contribution is -0.385. The van der Waals surface area contributed by atoms with Crippen LogP contribution in [-0.2, 0) is 10.0 Å². The summed E-state index contributed by atoms with van der Waals surface area (Å²) >= 11 is 1.61. The third-order valence-electron chi connectivity index (χ3n) is 3.14. The van der Waals surface area contributed by atoms with Crippen molar-refractivity contribution >= 4 is 33.2 Å². The monoisotopic (exact) mass is 335 g/mol. The van der Waals surface area contributed by atoms with Crippen molar-refractivity contribution < 1.29 is 17.7 Å². The first kappa shape index (κ1) is 16.0. The maximum absolute atomic E-state index is 14.1. The molecule has 1 atom stereocenters. The number of sulfonamides is 1. The predicted octanol–water partition coefficient (Wildman–Crippen LogP) is 1.44. The van der Waals surface area contributed by atoms with Crippen molar-refractivity contribution in [1.29, 1.82) is 0 Å². The van der Waals surface area contributed by atoms with Crippen molar-refractivity contribution in [1.82, 2.24) is 4.31 Å². The fourth-order valence-corrected chi connectivity index (χ4v) is 5.16. The molecule has 1 aliphatic heterocycles. The molecule has 0 radical (unpaired) electrons. The number of nitrogens with zero attached hydrogens (tertiary/aromatic N) is 2. The summed E-state index contributed by atoms with van der Waals surface area (Å²) in [6, 6.07) is 1.15. The van der Waals surface area contributed by atoms with E-state index in [0.717, 1.165) is 6.07 Å². The zero-order valence-electron chi connectivity index (χ0n) is 11.2. The summed E-state index contributed by atoms with van der Waals surface area (Å²) in [6.45, 7) is 1.98. The van der Waals surface area contributed by atoms with Gasteiger partial charge in [0, 0.05) is 30.2 Å². The van der Waals surface area contributed by atoms with E-state index in [1.54, 1.807) is 18.7 Å². The van der Waals surface area contributed by atoms with Gasteiger partial charge in [-0.1, -0.05) is 0 Å². The van der Waals surface area contributed by atoms with E-state index in [1.165, 1.54) is 4.31 Å². The minimum Gasteiger partial charge on any atom is -0.397 e. The van der Waals surface area contributed by atoms with E-state index in [9.17, 15) is 22.9 Å². The van der Waals surface area contributed by atoms with Gasteiger partial charge in [0.1, 0.15) is 4.90 Å². The second-order valence-electron chi connectivity index (χ2n) is 4.64. The number of halogens is 1. The smallest absolute Gasteiger partial charge is 0.274 e. The van der Waals surface area contributed by atoms with Gasteiger partial charge in [-0.15, -0.1) is 0 Å². The number of rotatable bonds is 3. The number of anilines is 1. The Kier molecular flexibility index (Phi) is 4.40. The summed E-state index contributed by atoms with van der Waals surface area (Å²) in [5.74, 6) is 0.0124. The highest BCUT2D eigenvalue weighted by Crippen LogP contribution is 2.32. The molecule has 10 heteroatoms. The fraction of sp³-hybridized carbons (Fsp3) is 0.455. The van der Waals surface area contributed by atoms with Gasteiger partial charge in [-0.3, -0.25) is 10.1 Å². The van der Waals surface area contributed by atoms with Gasteiger partial charge in [-0.2, -0.15) is 16.1 Å². The molecular formula is C11H14FN3O4S2. The van der Waals surface area contributed by atoms with Crippen molar-refractivity contribution in [2.75, 3.05) is 23.8 Å². The molecule has 0 saturated carbocycles. The van der Waals surface area contributed by atoms with Crippen LogP contribution in [-0.4, -0.2) is 41.7 Å². The molecule has 1 aromatic rings. The first-order valence-electron chi connectivity index (χ1n) is 6.08. The molecule has 1 fully saturated rings. The number of hydrogen-bond donors (Lipinski definition) is 1. The quantitative estimate of drug-likeness (QED) is 0.509. The normalized spacial score (nSPS) is 20.4. The maximum atomic E-state index is 14.1. The van der Waals surface area contributed by atoms with Gasteiger partial charge in [0.2, 0.25) is 10.0 Å². The first-order valence-corrected chi connectivity index (χ1v) is 8.67. The minimum atomic E-state index is -4.12. The third kappa shape index (κ3) is 2.97. The SMILES string of the molecule is CC1CSCCN1S(=O)(=O)c1c(N)cc([N+](=O)[O-])cc1F. The molecule has 1 saturated heterocycles. The van der Waals surface area contributed by atoms with Gasteiger partial charge in [0.05, 0.1) is 16.7 Å². The van der Waals surface area contributed by atoms with Crippen LogP contribution in [0.4, 0.5) is 15.8 Å². The average molecular weight is 335 g/mol. The molecule has 21 heavy (non-hydrogen) atoms. The van der Waals surface area contributed by atoms with Gasteiger partial charge >= 0.3 is 0 Å². The minimum absolute atomic E-state index is 0.254. The highest BCUT2D eigenvalue weighted by atomic mass is 32.2. The van der Waals surface area contributed by atoms with E-state index in [2.05, 4.69) is 0 Å². The van der Waals surface area contributed by atoms with Gasteiger partial charge < -0.3 is 5.73 Å². The van der Waals surface area contributed by atoms with Crippen LogP contribution in [0.25, 0.3) is 0 Å². The highest BCUT2D eigenvalue weighted by molar-refractivity contribution is 7.99. The Morgan fingerprint density at radius 3 is 2.71 bits per heavy atom. The molecule has 0 aliphatic carbocycles. The number of nitro groups is 1. The van der Waals surface area contributed by atoms with E-state index in [4.69, 9.17) is 5.73 Å². The lowest BCUT2D eigenvalue weighted by Gasteiger charge is -2.32. The second kappa shape index (κ2) is 5.78. The molecule has 1 aromatic carbocycles. The third-order valence-corrected chi connectivity index (χ3v) is 6.44. The number of nitrogen functional groups attached to an aromatic ring is 1. The van der Waals surface area contributed by atoms with Crippen molar-refractivity contribution in [3.05, 3.63) is 28.1 Å². The van der Waals surface area contributed by atoms with E-state index in [-0.39, 0.29) is 12.6 Å². The number of non-ortho nitro benzene ring substituents is 1. The zero-order valence-corrected chi connectivity index (χ0v) is 12.8. The van der Waals surface area contributed by atoms with E-state index >= 15 is 0 Å². The molecule has 1 unspecified atom stereocenters. The number of nitro benzene ring substituents is 1. The summed E-state index contributed by atoms with van der Waals surface area (Å²) in [4.78, 5) is 9.13. The molecule has 2 N–H and O–H groups in total. The molecule has 1 aliphatic rings. The van der Waals surface area contributed by atoms with Crippen molar-refractivity contribution in [2.24, 2.45) is 0 Å². The Morgan fingerprint density at radius 1 is 1.52 bits per heavy atom. The van der Waals surface area contributed by atoms with Crippen LogP contribution in [0.2, 0.25) is 0 Å². The molecular weight excluding hydrogens is 321 g/mol. The number of thioether (sulfide) groups is 1. The maximum Gasteiger partial charge on any atom is 0.274 e. The predicted molar refractivity (Wildman–Crippen MR) is 78.1 cm³/mol. The average Bonchev–Trinajstić information content (AvgIpc) is 2.37. The van der Waals surface area contributed by atoms with Gasteiger partial charge in [0.15, 0.2) is 5.82 Å². The van der Waals surface area contributed by atoms with Crippen molar-refractivity contribution in [2.45, 2.75) is 17.9 Å². The Bertz CT molecular complexity index is 657. The van der Waals surface area contributed by atoms with Crippen molar-refractivity contribution in [3.8, 4) is 0 Å². The topological polar surface area (TPSA) is 107 Å². The van der Waals surface area contributed by atoms with Crippen LogP contribution in [0.5, 0.6) is 0 Å². The standard InChI is InChI=1S/C11H14FN3O4S2/c1-7-6-20-3-2-14(7)21(18,19)11-9(12)4-8(15(16)17)5-10(11)13/h4-5,7H,2-3,6,13H2,1H3. The molecule has 116 valence electrons. The summed E-state index contributed by atoms with van der Waals surface area (Å²) < 4.78 is 40.3. The van der Waals surface area contributed by atoms with Gasteiger partial charge in [-0.25, -0.2) is 12.8 Å². The van der Waals surface area contributed by atoms with Crippen LogP contribution >= 0.6 is 11.8 Å². The molecule has 0 spiro atoms. The Labute approximate surface area is 125 Å². The fourth-order valence-electron chi connectivity index (χ4n) is 2.16. The Balaban J connectivity index is 2.52. The van der Waals surface area contributed by atoms with E-state index < -0.39 is 37.0 Å². The van der Waals surface area contributed by atoms with Crippen LogP contribution < -0.4 is 5.73 Å². The Morgan fingerprint density at radius 2 is 2.19 bits per heavy atom. The molecule has 7 nitrogen and oxygen atoms in total. The van der Waals surface area contributed by atoms with Crippen LogP contribution in [0.3, 0.4) is 0 Å². The zero-order chi connectivity index (χ0) is 15.8. The Hall–Kier alpha value is -1.39. The van der Waals surface area contributed by atoms with E-state index in [0.29, 0.717) is 17.6 Å². The molecule has 2 rings (SSSR count). The van der Waals surface area contributed by atoms with Gasteiger partial charge in [0.25, 0.3) is 5.69 Å². The number of hydrogen-bond acceptors (Lipinski definition) is 6. The summed E-state index contributed by atoms with van der Waals surface area (Å²) in [5, 5.41) is 10.6. The second-order valence-corrected chi connectivity index (χ2v) is 7.62. The highest BCUT2D eigenvalue weighted by Gasteiger charge is 2.35. The number of benzene rings is 1. The molecule has 0 amide bonds. The van der Waals surface area contributed by atoms with Crippen LogP contribution in [0.15, 0.2) is 17.0 Å². The van der Waals surface area contributed by atoms with Gasteiger partial charge in [-0.05, 0) is 6.92 Å². The van der Waals surface area contributed by atoms with Crippen molar-refractivity contribution in [3.63, 3.8) is 0 Å². The van der Waals surface area contributed by atoms with Crippen LogP contribution in [0, 0.1) is 15.9 Å². The largest absolute Gasteiger partial charge is 0.397 e. The summed E-state index contributed by atoms with van der Waals surface area (Å²) in [7, 11) is -4.12. The lowest BCUT2D eigenvalue weighted by Crippen LogP contribution is -2.44. The molecule has 0 bridgehead atoms.